The van der Waals surface area contributed by atoms with E-state index in [1.54, 1.807) is 30.3 Å². The molecule has 0 saturated heterocycles. The molecule has 26 heavy (non-hydrogen) atoms. The van der Waals surface area contributed by atoms with Gasteiger partial charge in [-0.05, 0) is 37.6 Å². The Hall–Kier alpha value is -1.06. The molecule has 0 spiro atoms. The number of halogens is 2. The van der Waals surface area contributed by atoms with Crippen LogP contribution in [-0.4, -0.2) is 53.4 Å². The Morgan fingerprint density at radius 3 is 2.42 bits per heavy atom. The first-order valence-corrected chi connectivity index (χ1v) is 7.85. The van der Waals surface area contributed by atoms with E-state index in [9.17, 15) is 4.79 Å². The first kappa shape index (κ1) is 27.2. The molecule has 0 unspecified atom stereocenters. The molecule has 0 fully saturated rings. The maximum atomic E-state index is 12.2. The van der Waals surface area contributed by atoms with Crippen molar-refractivity contribution in [3.05, 3.63) is 57.6 Å². The van der Waals surface area contributed by atoms with Crippen LogP contribution in [0.25, 0.3) is 0 Å². The SMILES string of the molecule is CCOCOC(=O)c1ccccc1Nc1c(Cl)ccc(C)c1Cl.[Mg+2].[OH-].[OH-]. The molecule has 2 rings (SSSR count). The maximum Gasteiger partial charge on any atom is 2.00 e. The first-order valence-electron chi connectivity index (χ1n) is 7.10. The van der Waals surface area contributed by atoms with Gasteiger partial charge in [-0.1, -0.05) is 41.4 Å². The van der Waals surface area contributed by atoms with Crippen LogP contribution in [0.5, 0.6) is 0 Å². The summed E-state index contributed by atoms with van der Waals surface area (Å²) in [6.07, 6.45) is 0. The summed E-state index contributed by atoms with van der Waals surface area (Å²) in [6, 6.07) is 10.6. The second-order valence-electron chi connectivity index (χ2n) is 4.77. The third-order valence-corrected chi connectivity index (χ3v) is 3.97. The first-order chi connectivity index (χ1) is 11.0. The normalized spacial score (nSPS) is 9.23. The molecule has 2 aromatic carbocycles. The van der Waals surface area contributed by atoms with Gasteiger partial charge in [-0.15, -0.1) is 0 Å². The number of carbonyl (C=O) groups excluding carboxylic acids is 1. The predicted molar refractivity (Wildman–Crippen MR) is 102 cm³/mol. The number of carbonyl (C=O) groups is 1. The number of aryl methyl sites for hydroxylation is 1. The molecule has 0 bridgehead atoms. The zero-order valence-corrected chi connectivity index (χ0v) is 17.4. The van der Waals surface area contributed by atoms with Gasteiger partial charge in [0.25, 0.3) is 0 Å². The van der Waals surface area contributed by atoms with Gasteiger partial charge in [0, 0.05) is 6.61 Å². The smallest absolute Gasteiger partial charge is 0.870 e. The van der Waals surface area contributed by atoms with Gasteiger partial charge in [0.1, 0.15) is 0 Å². The number of para-hydroxylation sites is 1. The molecular formula is C17H19Cl2MgNO5. The summed E-state index contributed by atoms with van der Waals surface area (Å²) < 4.78 is 10.1. The number of nitrogens with one attached hydrogen (secondary N) is 1. The minimum absolute atomic E-state index is 0. The van der Waals surface area contributed by atoms with Crippen LogP contribution in [0, 0.1) is 6.92 Å². The van der Waals surface area contributed by atoms with E-state index in [0.717, 1.165) is 5.56 Å². The molecule has 6 nitrogen and oxygen atoms in total. The van der Waals surface area contributed by atoms with E-state index in [2.05, 4.69) is 5.32 Å². The minimum Gasteiger partial charge on any atom is -0.870 e. The monoisotopic (exact) mass is 411 g/mol. The average Bonchev–Trinajstić information content (AvgIpc) is 2.55. The van der Waals surface area contributed by atoms with Gasteiger partial charge in [-0.2, -0.15) is 0 Å². The summed E-state index contributed by atoms with van der Waals surface area (Å²) in [5.41, 5.74) is 2.37. The van der Waals surface area contributed by atoms with Gasteiger partial charge in [0.15, 0.2) is 6.79 Å². The van der Waals surface area contributed by atoms with Crippen LogP contribution in [0.15, 0.2) is 36.4 Å². The van der Waals surface area contributed by atoms with Crippen LogP contribution in [-0.2, 0) is 9.47 Å². The van der Waals surface area contributed by atoms with Gasteiger partial charge >= 0.3 is 29.0 Å². The standard InChI is InChI=1S/C17H17Cl2NO3.Mg.2H2O/c1-3-22-10-23-17(21)12-6-4-5-7-14(12)20-16-13(18)9-8-11(2)15(16)19;;;/h4-9,20H,3,10H2,1-2H3;;2*1H2/q;+2;;/p-2. The number of anilines is 2. The van der Waals surface area contributed by atoms with Crippen molar-refractivity contribution in [3.63, 3.8) is 0 Å². The Morgan fingerprint density at radius 1 is 1.12 bits per heavy atom. The topological polar surface area (TPSA) is 108 Å². The largest absolute Gasteiger partial charge is 2.00 e. The van der Waals surface area contributed by atoms with Gasteiger partial charge in [-0.3, -0.25) is 0 Å². The Balaban J connectivity index is 0. The number of rotatable bonds is 6. The Morgan fingerprint density at radius 2 is 1.77 bits per heavy atom. The molecule has 0 heterocycles. The van der Waals surface area contributed by atoms with E-state index in [4.69, 9.17) is 32.7 Å². The third kappa shape index (κ3) is 6.92. The van der Waals surface area contributed by atoms with Gasteiger partial charge < -0.3 is 25.7 Å². The summed E-state index contributed by atoms with van der Waals surface area (Å²) in [7, 11) is 0. The van der Waals surface area contributed by atoms with E-state index in [1.165, 1.54) is 0 Å². The molecule has 0 radical (unpaired) electrons. The van der Waals surface area contributed by atoms with Crippen molar-refractivity contribution >= 4 is 63.6 Å². The van der Waals surface area contributed by atoms with E-state index >= 15 is 0 Å². The van der Waals surface area contributed by atoms with E-state index in [0.29, 0.717) is 33.6 Å². The van der Waals surface area contributed by atoms with E-state index < -0.39 is 5.97 Å². The van der Waals surface area contributed by atoms with E-state index in [-0.39, 0.29) is 40.8 Å². The van der Waals surface area contributed by atoms with Gasteiger partial charge in [-0.25, -0.2) is 4.79 Å². The minimum atomic E-state index is -0.485. The summed E-state index contributed by atoms with van der Waals surface area (Å²) in [6.45, 7) is 4.09. The molecule has 0 aromatic heterocycles. The van der Waals surface area contributed by atoms with Crippen molar-refractivity contribution in [2.75, 3.05) is 18.7 Å². The zero-order valence-electron chi connectivity index (χ0n) is 14.5. The predicted octanol–water partition coefficient (Wildman–Crippen LogP) is 4.46. The average molecular weight is 413 g/mol. The molecule has 138 valence electrons. The van der Waals surface area contributed by atoms with Crippen molar-refractivity contribution in [1.82, 2.24) is 0 Å². The third-order valence-electron chi connectivity index (χ3n) is 3.17. The second-order valence-corrected chi connectivity index (χ2v) is 5.55. The molecule has 3 N–H and O–H groups in total. The molecule has 0 aliphatic heterocycles. The molecule has 0 atom stereocenters. The molecule has 0 aliphatic carbocycles. The Kier molecular flexibility index (Phi) is 13.7. The van der Waals surface area contributed by atoms with Gasteiger partial charge in [0.2, 0.25) is 0 Å². The summed E-state index contributed by atoms with van der Waals surface area (Å²) in [5.74, 6) is -0.485. The molecule has 0 amide bonds. The van der Waals surface area contributed by atoms with Crippen LogP contribution in [0.3, 0.4) is 0 Å². The number of esters is 1. The summed E-state index contributed by atoms with van der Waals surface area (Å²) in [4.78, 5) is 12.2. The van der Waals surface area contributed by atoms with Crippen molar-refractivity contribution in [2.24, 2.45) is 0 Å². The second kappa shape index (κ2) is 13.2. The van der Waals surface area contributed by atoms with E-state index in [1.807, 2.05) is 19.9 Å². The van der Waals surface area contributed by atoms with Gasteiger partial charge in [0.05, 0.1) is 27.0 Å². The number of hydrogen-bond acceptors (Lipinski definition) is 6. The number of benzene rings is 2. The van der Waals surface area contributed by atoms with Crippen LogP contribution < -0.4 is 5.32 Å². The van der Waals surface area contributed by atoms with Crippen LogP contribution >= 0.6 is 23.2 Å². The molecular weight excluding hydrogens is 393 g/mol. The molecule has 0 saturated carbocycles. The summed E-state index contributed by atoms with van der Waals surface area (Å²) >= 11 is 12.5. The fraction of sp³-hybridized carbons (Fsp3) is 0.235. The summed E-state index contributed by atoms with van der Waals surface area (Å²) in [5, 5.41) is 4.10. The molecule has 9 heteroatoms. The Labute approximate surface area is 178 Å². The number of ether oxygens (including phenoxy) is 2. The maximum absolute atomic E-state index is 12.2. The zero-order chi connectivity index (χ0) is 16.8. The van der Waals surface area contributed by atoms with Crippen molar-refractivity contribution in [1.29, 1.82) is 0 Å². The van der Waals surface area contributed by atoms with Crippen LogP contribution in [0.1, 0.15) is 22.8 Å². The fourth-order valence-electron chi connectivity index (χ4n) is 1.93. The Bertz CT molecular complexity index is 716. The van der Waals surface area contributed by atoms with Crippen LogP contribution in [0.2, 0.25) is 10.0 Å². The quantitative estimate of drug-likeness (QED) is 0.325. The van der Waals surface area contributed by atoms with Crippen molar-refractivity contribution in [3.8, 4) is 0 Å². The van der Waals surface area contributed by atoms with Crippen LogP contribution in [0.4, 0.5) is 11.4 Å². The molecule has 2 aromatic rings. The molecule has 0 aliphatic rings. The fourth-order valence-corrected chi connectivity index (χ4v) is 2.40. The van der Waals surface area contributed by atoms with Crippen molar-refractivity contribution < 1.29 is 25.2 Å². The van der Waals surface area contributed by atoms with Crippen molar-refractivity contribution in [2.45, 2.75) is 13.8 Å². The number of hydrogen-bond donors (Lipinski definition) is 1.